The van der Waals surface area contributed by atoms with Crippen molar-refractivity contribution in [3.63, 3.8) is 0 Å². The lowest BCUT2D eigenvalue weighted by molar-refractivity contribution is -0.0207. The van der Waals surface area contributed by atoms with Crippen LogP contribution >= 0.6 is 8.25 Å². The predicted molar refractivity (Wildman–Crippen MR) is 53.5 cm³/mol. The molecule has 0 aliphatic carbocycles. The van der Waals surface area contributed by atoms with Crippen LogP contribution in [0.5, 0.6) is 5.75 Å². The van der Waals surface area contributed by atoms with Gasteiger partial charge < -0.3 is 14.8 Å². The fraction of sp³-hybridized carbons (Fsp3) is 0.143. The Labute approximate surface area is 90.6 Å². The highest BCUT2D eigenvalue weighted by molar-refractivity contribution is 7.32. The second kappa shape index (κ2) is 6.12. The summed E-state index contributed by atoms with van der Waals surface area (Å²) in [6.07, 6.45) is -1.48. The van der Waals surface area contributed by atoms with Gasteiger partial charge in [-0.15, -0.1) is 0 Å². The summed E-state index contributed by atoms with van der Waals surface area (Å²) in [5.41, 5.74) is 8.26. The van der Waals surface area contributed by atoms with Crippen molar-refractivity contribution in [3.05, 3.63) is 40.3 Å². The van der Waals surface area contributed by atoms with Crippen LogP contribution in [-0.4, -0.2) is 10.00 Å². The van der Waals surface area contributed by atoms with E-state index in [4.69, 9.17) is 10.4 Å². The summed E-state index contributed by atoms with van der Waals surface area (Å²) in [6, 6.07) is 5.62. The zero-order valence-electron chi connectivity index (χ0n) is 7.85. The fourth-order valence-electron chi connectivity index (χ4n) is 0.922. The molecule has 0 aliphatic heterocycles. The molecular formula is C7H8N3O5P. The minimum Gasteiger partial charge on any atom is -0.394 e. The third kappa shape index (κ3) is 3.90. The van der Waals surface area contributed by atoms with Crippen molar-refractivity contribution in [2.75, 3.05) is 0 Å². The van der Waals surface area contributed by atoms with Crippen LogP contribution in [0.15, 0.2) is 29.5 Å². The van der Waals surface area contributed by atoms with Crippen LogP contribution in [0.3, 0.4) is 0 Å². The highest BCUT2D eigenvalue weighted by Crippen LogP contribution is 2.27. The number of azide groups is 1. The highest BCUT2D eigenvalue weighted by atomic mass is 31.1. The highest BCUT2D eigenvalue weighted by Gasteiger charge is 2.09. The monoisotopic (exact) mass is 245 g/mol. The topological polar surface area (TPSA) is 125 Å². The Morgan fingerprint density at radius 2 is 2.06 bits per heavy atom. The summed E-state index contributed by atoms with van der Waals surface area (Å²) in [7, 11) is -3.20. The Hall–Kier alpha value is -1.56. The summed E-state index contributed by atoms with van der Waals surface area (Å²) in [5, 5.41) is 12.1. The standard InChI is InChI=1S/C7H8N3O5P/c8-9-10-14-6-3-1-5(2-4-6)7(11)15-16(12)13/h1-4,7,11,16H,(H,12,13). The Bertz CT molecular complexity index is 417. The van der Waals surface area contributed by atoms with E-state index in [0.717, 1.165) is 0 Å². The van der Waals surface area contributed by atoms with E-state index >= 15 is 0 Å². The van der Waals surface area contributed by atoms with Crippen molar-refractivity contribution in [3.8, 4) is 5.75 Å². The van der Waals surface area contributed by atoms with E-state index in [1.807, 2.05) is 0 Å². The Balaban J connectivity index is 2.70. The molecule has 0 aliphatic rings. The molecule has 0 amide bonds. The lowest BCUT2D eigenvalue weighted by atomic mass is 10.2. The number of hydrogen-bond acceptors (Lipinski definition) is 5. The second-order valence-electron chi connectivity index (χ2n) is 2.57. The van der Waals surface area contributed by atoms with Gasteiger partial charge in [-0.3, -0.25) is 9.09 Å². The predicted octanol–water partition coefficient (Wildman–Crippen LogP) is 1.68. The number of aliphatic hydroxyl groups is 1. The molecule has 16 heavy (non-hydrogen) atoms. The molecule has 0 saturated heterocycles. The average molecular weight is 245 g/mol. The third-order valence-corrected chi connectivity index (χ3v) is 1.99. The number of nitrogens with zero attached hydrogens (tertiary/aromatic N) is 3. The van der Waals surface area contributed by atoms with Crippen molar-refractivity contribution in [2.45, 2.75) is 6.29 Å². The first-order valence-electron chi connectivity index (χ1n) is 4.02. The van der Waals surface area contributed by atoms with E-state index in [0.29, 0.717) is 0 Å². The fourth-order valence-corrected chi connectivity index (χ4v) is 1.25. The normalized spacial score (nSPS) is 13.6. The Morgan fingerprint density at radius 3 is 2.56 bits per heavy atom. The van der Waals surface area contributed by atoms with Gasteiger partial charge in [0.15, 0.2) is 6.29 Å². The molecule has 1 aromatic carbocycles. The third-order valence-electron chi connectivity index (χ3n) is 1.56. The van der Waals surface area contributed by atoms with E-state index in [2.05, 4.69) is 19.6 Å². The zero-order valence-corrected chi connectivity index (χ0v) is 8.85. The largest absolute Gasteiger partial charge is 0.394 e. The molecule has 0 aromatic heterocycles. The number of aliphatic hydroxyl groups excluding tert-OH is 1. The lowest BCUT2D eigenvalue weighted by Crippen LogP contribution is -1.97. The van der Waals surface area contributed by atoms with Gasteiger partial charge in [-0.2, -0.15) is 0 Å². The first kappa shape index (κ1) is 12.5. The second-order valence-corrected chi connectivity index (χ2v) is 3.34. The summed E-state index contributed by atoms with van der Waals surface area (Å²) in [4.78, 5) is 15.4. The van der Waals surface area contributed by atoms with E-state index in [1.165, 1.54) is 24.3 Å². The van der Waals surface area contributed by atoms with Crippen LogP contribution in [0, 0.1) is 0 Å². The van der Waals surface area contributed by atoms with Gasteiger partial charge in [0.1, 0.15) is 11.0 Å². The van der Waals surface area contributed by atoms with Crippen LogP contribution in [0.25, 0.3) is 10.4 Å². The molecule has 1 rings (SSSR count). The minimum absolute atomic E-state index is 0.269. The SMILES string of the molecule is [N-]=[N+]=NOc1ccc(C(O)O[PH](=O)O)cc1. The summed E-state index contributed by atoms with van der Waals surface area (Å²) in [6.45, 7) is 0. The zero-order chi connectivity index (χ0) is 12.0. The molecule has 86 valence electrons. The molecule has 9 heteroatoms. The van der Waals surface area contributed by atoms with Crippen molar-refractivity contribution in [1.82, 2.24) is 0 Å². The molecule has 0 saturated carbocycles. The van der Waals surface area contributed by atoms with E-state index in [-0.39, 0.29) is 11.3 Å². The van der Waals surface area contributed by atoms with E-state index in [1.54, 1.807) is 0 Å². The van der Waals surface area contributed by atoms with Crippen molar-refractivity contribution < 1.29 is 23.9 Å². The van der Waals surface area contributed by atoms with Crippen LogP contribution < -0.4 is 4.84 Å². The van der Waals surface area contributed by atoms with Gasteiger partial charge in [-0.1, -0.05) is 12.1 Å². The van der Waals surface area contributed by atoms with Crippen molar-refractivity contribution in [2.24, 2.45) is 5.28 Å². The van der Waals surface area contributed by atoms with Crippen molar-refractivity contribution in [1.29, 1.82) is 0 Å². The average Bonchev–Trinajstić information content (AvgIpc) is 2.26. The summed E-state index contributed by atoms with van der Waals surface area (Å²) < 4.78 is 14.6. The van der Waals surface area contributed by atoms with Gasteiger partial charge in [0.25, 0.3) is 0 Å². The van der Waals surface area contributed by atoms with E-state index in [9.17, 15) is 9.67 Å². The first-order chi connectivity index (χ1) is 7.63. The Kier molecular flexibility index (Phi) is 4.78. The molecule has 0 fully saturated rings. The van der Waals surface area contributed by atoms with E-state index < -0.39 is 14.5 Å². The molecule has 2 unspecified atom stereocenters. The van der Waals surface area contributed by atoms with Crippen LogP contribution in [0.2, 0.25) is 0 Å². The van der Waals surface area contributed by atoms with Gasteiger partial charge >= 0.3 is 8.25 Å². The maximum Gasteiger partial charge on any atom is 0.319 e. The summed E-state index contributed by atoms with van der Waals surface area (Å²) in [5.74, 6) is 0.269. The molecule has 2 atom stereocenters. The molecule has 2 N–H and O–H groups in total. The van der Waals surface area contributed by atoms with Gasteiger partial charge in [0.05, 0.1) is 0 Å². The first-order valence-corrected chi connectivity index (χ1v) is 5.29. The number of benzene rings is 1. The van der Waals surface area contributed by atoms with Gasteiger partial charge in [-0.25, -0.2) is 0 Å². The lowest BCUT2D eigenvalue weighted by Gasteiger charge is -2.09. The van der Waals surface area contributed by atoms with Gasteiger partial charge in [0, 0.05) is 10.5 Å². The molecule has 0 heterocycles. The quantitative estimate of drug-likeness (QED) is 0.204. The van der Waals surface area contributed by atoms with Crippen molar-refractivity contribution >= 4 is 8.25 Å². The Morgan fingerprint density at radius 1 is 1.44 bits per heavy atom. The molecule has 8 nitrogen and oxygen atoms in total. The molecule has 0 spiro atoms. The van der Waals surface area contributed by atoms with Crippen LogP contribution in [-0.2, 0) is 9.09 Å². The maximum absolute atomic E-state index is 10.3. The maximum atomic E-state index is 10.3. The smallest absolute Gasteiger partial charge is 0.319 e. The molecule has 1 aromatic rings. The van der Waals surface area contributed by atoms with Crippen LogP contribution in [0.4, 0.5) is 0 Å². The minimum atomic E-state index is -3.20. The molecule has 0 radical (unpaired) electrons. The molecular weight excluding hydrogens is 237 g/mol. The number of rotatable bonds is 5. The van der Waals surface area contributed by atoms with Gasteiger partial charge in [-0.05, 0) is 17.7 Å². The van der Waals surface area contributed by atoms with Gasteiger partial charge in [0.2, 0.25) is 0 Å². The number of hydrogen-bond donors (Lipinski definition) is 2. The molecule has 0 bridgehead atoms. The van der Waals surface area contributed by atoms with Crippen LogP contribution in [0.1, 0.15) is 11.9 Å². The summed E-state index contributed by atoms with van der Waals surface area (Å²) >= 11 is 0.